The summed E-state index contributed by atoms with van der Waals surface area (Å²) in [6.45, 7) is 2.24. The van der Waals surface area contributed by atoms with Crippen LogP contribution in [0, 0.1) is 6.92 Å². The van der Waals surface area contributed by atoms with Crippen LogP contribution in [0.4, 0.5) is 44.3 Å². The molecule has 0 spiro atoms. The summed E-state index contributed by atoms with van der Waals surface area (Å²) >= 11 is 0. The number of ether oxygens (including phenoxy) is 2. The van der Waals surface area contributed by atoms with E-state index >= 15 is 0 Å². The van der Waals surface area contributed by atoms with Crippen LogP contribution < -0.4 is 4.74 Å². The van der Waals surface area contributed by atoms with Crippen LogP contribution in [-0.4, -0.2) is 35.2 Å². The zero-order valence-electron chi connectivity index (χ0n) is 26.2. The van der Waals surface area contributed by atoms with Crippen LogP contribution >= 0.6 is 0 Å². The Bertz CT molecular complexity index is 1940. The number of amides is 1. The standard InChI is InChI=1S/C35H26F9NO5/c1-17-10-21(31(46)47)4-7-25(17)20-5-9-29(49-3)27(13-20)26-8-6-22(33(36,37)38)15-28(26)30-18(2)45(32(48)50-30)16-19-11-23(34(39,40)41)14-24(12-19)35(42,43)44/h4-15,18,30H,16H2,1-3H3,(H,46,47)/t18-,30?/m1/s1. The van der Waals surface area contributed by atoms with E-state index in [2.05, 4.69) is 0 Å². The number of aryl methyl sites for hydroxylation is 1. The Kier molecular flexibility index (Phi) is 9.32. The number of carboxylic acid groups (broad SMARTS) is 1. The van der Waals surface area contributed by atoms with E-state index in [0.29, 0.717) is 28.8 Å². The Morgan fingerprint density at radius 3 is 1.92 bits per heavy atom. The number of nitrogens with zero attached hydrogens (tertiary/aromatic N) is 1. The summed E-state index contributed by atoms with van der Waals surface area (Å²) in [5, 5.41) is 9.35. The van der Waals surface area contributed by atoms with Gasteiger partial charge < -0.3 is 14.6 Å². The molecule has 264 valence electrons. The van der Waals surface area contributed by atoms with Crippen molar-refractivity contribution in [2.45, 2.75) is 51.1 Å². The number of halogens is 9. The second-order valence-corrected chi connectivity index (χ2v) is 11.6. The second kappa shape index (κ2) is 12.9. The van der Waals surface area contributed by atoms with Crippen LogP contribution in [0.3, 0.4) is 0 Å². The van der Waals surface area contributed by atoms with Crippen LogP contribution in [0.25, 0.3) is 22.3 Å². The molecule has 0 aromatic heterocycles. The Hall–Kier alpha value is -5.21. The van der Waals surface area contributed by atoms with Gasteiger partial charge in [0, 0.05) is 17.7 Å². The van der Waals surface area contributed by atoms with Crippen LogP contribution in [0.2, 0.25) is 0 Å². The third-order valence-corrected chi connectivity index (χ3v) is 8.35. The first-order valence-corrected chi connectivity index (χ1v) is 14.7. The third-order valence-electron chi connectivity index (χ3n) is 8.35. The van der Waals surface area contributed by atoms with Gasteiger partial charge >= 0.3 is 30.6 Å². The maximum atomic E-state index is 14.0. The quantitative estimate of drug-likeness (QED) is 0.193. The minimum absolute atomic E-state index is 0.0337. The Labute approximate surface area is 278 Å². The largest absolute Gasteiger partial charge is 0.496 e. The van der Waals surface area contributed by atoms with Crippen molar-refractivity contribution in [2.75, 3.05) is 7.11 Å². The number of aromatic carboxylic acids is 1. The molecule has 1 aliphatic rings. The van der Waals surface area contributed by atoms with Crippen molar-refractivity contribution in [2.24, 2.45) is 0 Å². The highest BCUT2D eigenvalue weighted by Crippen LogP contribution is 2.45. The first kappa shape index (κ1) is 36.1. The lowest BCUT2D eigenvalue weighted by Gasteiger charge is -2.24. The monoisotopic (exact) mass is 711 g/mol. The number of methoxy groups -OCH3 is 1. The molecule has 0 saturated carbocycles. The van der Waals surface area contributed by atoms with Crippen LogP contribution in [0.1, 0.15) is 56.8 Å². The van der Waals surface area contributed by atoms with Crippen LogP contribution in [0.5, 0.6) is 5.75 Å². The lowest BCUT2D eigenvalue weighted by Crippen LogP contribution is -2.31. The molecule has 0 radical (unpaired) electrons. The second-order valence-electron chi connectivity index (χ2n) is 11.6. The van der Waals surface area contributed by atoms with Gasteiger partial charge in [0.2, 0.25) is 0 Å². The number of hydrogen-bond acceptors (Lipinski definition) is 4. The third kappa shape index (κ3) is 7.21. The number of alkyl halides is 9. The molecule has 5 rings (SSSR count). The zero-order valence-corrected chi connectivity index (χ0v) is 26.2. The number of rotatable bonds is 7. The molecule has 4 aromatic carbocycles. The van der Waals surface area contributed by atoms with Gasteiger partial charge in [0.1, 0.15) is 11.9 Å². The molecule has 4 aromatic rings. The first-order valence-electron chi connectivity index (χ1n) is 14.7. The van der Waals surface area contributed by atoms with Gasteiger partial charge in [-0.2, -0.15) is 39.5 Å². The number of cyclic esters (lactones) is 1. The predicted octanol–water partition coefficient (Wildman–Crippen LogP) is 10.2. The lowest BCUT2D eigenvalue weighted by molar-refractivity contribution is -0.143. The molecule has 1 aliphatic heterocycles. The molecule has 2 atom stereocenters. The van der Waals surface area contributed by atoms with E-state index in [1.54, 1.807) is 31.2 Å². The van der Waals surface area contributed by atoms with Crippen LogP contribution in [-0.2, 0) is 29.8 Å². The Morgan fingerprint density at radius 1 is 0.780 bits per heavy atom. The first-order chi connectivity index (χ1) is 23.2. The van der Waals surface area contributed by atoms with Gasteiger partial charge in [-0.25, -0.2) is 9.59 Å². The summed E-state index contributed by atoms with van der Waals surface area (Å²) < 4.78 is 134. The normalized spacial score (nSPS) is 16.8. The fourth-order valence-electron chi connectivity index (χ4n) is 5.87. The fraction of sp³-hybridized carbons (Fsp3) is 0.257. The molecule has 50 heavy (non-hydrogen) atoms. The summed E-state index contributed by atoms with van der Waals surface area (Å²) in [4.78, 5) is 25.4. The van der Waals surface area contributed by atoms with E-state index < -0.39 is 71.5 Å². The van der Waals surface area contributed by atoms with Crippen molar-refractivity contribution < 1.29 is 63.7 Å². The van der Waals surface area contributed by atoms with Gasteiger partial charge in [0.15, 0.2) is 0 Å². The summed E-state index contributed by atoms with van der Waals surface area (Å²) in [6.07, 6.45) is -17.8. The molecular weight excluding hydrogens is 685 g/mol. The molecule has 1 unspecified atom stereocenters. The SMILES string of the molecule is COc1ccc(-c2ccc(C(=O)O)cc2C)cc1-c1ccc(C(F)(F)F)cc1C1OC(=O)N(Cc2cc(C(F)(F)F)cc(C(F)(F)F)c2)[C@@H]1C. The number of carboxylic acids is 1. The lowest BCUT2D eigenvalue weighted by atomic mass is 9.89. The van der Waals surface area contributed by atoms with E-state index in [-0.39, 0.29) is 34.1 Å². The van der Waals surface area contributed by atoms with E-state index in [9.17, 15) is 54.2 Å². The molecule has 1 amide bonds. The van der Waals surface area contributed by atoms with Gasteiger partial charge in [-0.05, 0) is 96.3 Å². The number of benzene rings is 4. The van der Waals surface area contributed by atoms with Gasteiger partial charge in [-0.3, -0.25) is 4.90 Å². The van der Waals surface area contributed by atoms with Crippen molar-refractivity contribution in [3.05, 3.63) is 112 Å². The molecule has 1 N–H and O–H groups in total. The Balaban J connectivity index is 1.61. The molecule has 1 fully saturated rings. The summed E-state index contributed by atoms with van der Waals surface area (Å²) in [5.41, 5.74) is -2.87. The smallest absolute Gasteiger partial charge is 0.416 e. The Morgan fingerprint density at radius 2 is 1.38 bits per heavy atom. The van der Waals surface area contributed by atoms with E-state index in [4.69, 9.17) is 9.47 Å². The summed E-state index contributed by atoms with van der Waals surface area (Å²) in [5.74, 6) is -0.945. The fourth-order valence-corrected chi connectivity index (χ4v) is 5.87. The van der Waals surface area contributed by atoms with Crippen molar-refractivity contribution in [1.82, 2.24) is 4.90 Å². The molecular formula is C35H26F9NO5. The topological polar surface area (TPSA) is 76.1 Å². The molecule has 1 heterocycles. The van der Waals surface area contributed by atoms with Crippen molar-refractivity contribution in [3.63, 3.8) is 0 Å². The average molecular weight is 712 g/mol. The minimum Gasteiger partial charge on any atom is -0.496 e. The number of hydrogen-bond donors (Lipinski definition) is 1. The van der Waals surface area contributed by atoms with Crippen molar-refractivity contribution >= 4 is 12.1 Å². The zero-order chi connectivity index (χ0) is 36.9. The van der Waals surface area contributed by atoms with Gasteiger partial charge in [0.05, 0.1) is 35.4 Å². The highest BCUT2D eigenvalue weighted by molar-refractivity contribution is 5.89. The van der Waals surface area contributed by atoms with Gasteiger partial charge in [-0.15, -0.1) is 0 Å². The van der Waals surface area contributed by atoms with Crippen molar-refractivity contribution in [3.8, 4) is 28.0 Å². The molecule has 6 nitrogen and oxygen atoms in total. The van der Waals surface area contributed by atoms with E-state index in [1.165, 1.54) is 26.2 Å². The highest BCUT2D eigenvalue weighted by atomic mass is 19.4. The highest BCUT2D eigenvalue weighted by Gasteiger charge is 2.43. The molecule has 0 bridgehead atoms. The van der Waals surface area contributed by atoms with Crippen LogP contribution in [0.15, 0.2) is 72.8 Å². The number of carbonyl (C=O) groups is 2. The average Bonchev–Trinajstić information content (AvgIpc) is 3.31. The maximum absolute atomic E-state index is 14.0. The van der Waals surface area contributed by atoms with Crippen molar-refractivity contribution in [1.29, 1.82) is 0 Å². The molecule has 0 aliphatic carbocycles. The maximum Gasteiger partial charge on any atom is 0.416 e. The predicted molar refractivity (Wildman–Crippen MR) is 161 cm³/mol. The van der Waals surface area contributed by atoms with Gasteiger partial charge in [-0.1, -0.05) is 18.2 Å². The summed E-state index contributed by atoms with van der Waals surface area (Å²) in [6, 6.07) is 11.6. The van der Waals surface area contributed by atoms with Gasteiger partial charge in [0.25, 0.3) is 0 Å². The van der Waals surface area contributed by atoms with E-state index in [1.807, 2.05) is 0 Å². The van der Waals surface area contributed by atoms with E-state index in [0.717, 1.165) is 23.1 Å². The number of carbonyl (C=O) groups excluding carboxylic acids is 1. The summed E-state index contributed by atoms with van der Waals surface area (Å²) in [7, 11) is 1.32. The molecule has 1 saturated heterocycles. The molecule has 15 heteroatoms. The minimum atomic E-state index is -5.15.